The molecule has 8 heteroatoms. The summed E-state index contributed by atoms with van der Waals surface area (Å²) < 4.78 is 28.8. The molecule has 3 aromatic rings. The van der Waals surface area contributed by atoms with Gasteiger partial charge in [0.25, 0.3) is 5.91 Å². The van der Waals surface area contributed by atoms with Crippen LogP contribution in [0.2, 0.25) is 0 Å². The van der Waals surface area contributed by atoms with E-state index in [9.17, 15) is 18.8 Å². The second-order valence-electron chi connectivity index (χ2n) is 6.45. The molecule has 0 spiro atoms. The van der Waals surface area contributed by atoms with Gasteiger partial charge in [-0.3, -0.25) is 10.0 Å². The summed E-state index contributed by atoms with van der Waals surface area (Å²) in [6.45, 7) is 3.73. The van der Waals surface area contributed by atoms with Crippen LogP contribution in [0.1, 0.15) is 40.4 Å². The molecule has 4 rings (SSSR count). The third-order valence-electron chi connectivity index (χ3n) is 5.00. The fourth-order valence-electron chi connectivity index (χ4n) is 3.51. The highest BCUT2D eigenvalue weighted by Crippen LogP contribution is 2.29. The van der Waals surface area contributed by atoms with Crippen LogP contribution < -0.4 is 4.73 Å². The minimum absolute atomic E-state index is 0.0318. The van der Waals surface area contributed by atoms with Crippen molar-refractivity contribution in [3.8, 4) is 0 Å². The first kappa shape index (κ1) is 16.4. The Morgan fingerprint density at radius 1 is 1.42 bits per heavy atom. The van der Waals surface area contributed by atoms with E-state index in [1.54, 1.807) is 17.2 Å². The number of hydrogen-bond donors (Lipinski definition) is 2. The minimum atomic E-state index is -0.809. The van der Waals surface area contributed by atoms with Crippen molar-refractivity contribution < 1.29 is 23.5 Å². The van der Waals surface area contributed by atoms with Crippen molar-refractivity contribution in [2.75, 3.05) is 6.54 Å². The lowest BCUT2D eigenvalue weighted by Gasteiger charge is -2.32. The Labute approximate surface area is 147 Å². The zero-order chi connectivity index (χ0) is 18.6. The lowest BCUT2D eigenvalue weighted by atomic mass is 9.98. The summed E-state index contributed by atoms with van der Waals surface area (Å²) in [6, 6.07) is 4.03. The third-order valence-corrected chi connectivity index (χ3v) is 5.00. The molecule has 1 aliphatic rings. The molecule has 2 aromatic heterocycles. The molecule has 26 heavy (non-hydrogen) atoms. The smallest absolute Gasteiger partial charge is 0.290 e. The molecule has 0 bridgehead atoms. The minimum Gasteiger partial charge on any atom is -0.333 e. The number of hydrogen-bond acceptors (Lipinski definition) is 3. The van der Waals surface area contributed by atoms with Gasteiger partial charge in [0.15, 0.2) is 11.6 Å². The maximum Gasteiger partial charge on any atom is 0.290 e. The average Bonchev–Trinajstić information content (AvgIpc) is 3.06. The second-order valence-corrected chi connectivity index (χ2v) is 6.45. The monoisotopic (exact) mass is 359 g/mol. The van der Waals surface area contributed by atoms with E-state index < -0.39 is 17.5 Å². The number of fused-ring (bicyclic) bond motifs is 2. The Morgan fingerprint density at radius 2 is 2.19 bits per heavy atom. The topological polar surface area (TPSA) is 73.1 Å². The summed E-state index contributed by atoms with van der Waals surface area (Å²) in [4.78, 5) is 21.3. The van der Waals surface area contributed by atoms with Crippen molar-refractivity contribution in [2.45, 2.75) is 26.3 Å². The number of nitrogens with zero attached hydrogens (tertiary/aromatic N) is 3. The molecule has 0 radical (unpaired) electrons. The number of aromatic nitrogens is 3. The van der Waals surface area contributed by atoms with Gasteiger partial charge in [0.2, 0.25) is 11.9 Å². The molecule has 0 saturated carbocycles. The van der Waals surface area contributed by atoms with Gasteiger partial charge in [-0.2, -0.15) is 0 Å². The number of halogens is 2. The maximum atomic E-state index is 14.0. The van der Waals surface area contributed by atoms with Crippen LogP contribution in [-0.4, -0.2) is 32.5 Å². The van der Waals surface area contributed by atoms with Crippen molar-refractivity contribution in [1.82, 2.24) is 14.9 Å². The van der Waals surface area contributed by atoms with Crippen LogP contribution >= 0.6 is 0 Å². The van der Waals surface area contributed by atoms with Crippen molar-refractivity contribution in [1.29, 1.82) is 0 Å². The number of pyridine rings is 1. The molecular formula is C18H17F2N4O2+. The summed E-state index contributed by atoms with van der Waals surface area (Å²) >= 11 is 0. The van der Waals surface area contributed by atoms with Gasteiger partial charge in [0.05, 0.1) is 18.0 Å². The molecule has 1 atom stereocenters. The highest BCUT2D eigenvalue weighted by Gasteiger charge is 2.34. The van der Waals surface area contributed by atoms with Crippen LogP contribution in [0.4, 0.5) is 8.78 Å². The van der Waals surface area contributed by atoms with Gasteiger partial charge in [0, 0.05) is 34.5 Å². The standard InChI is InChI=1S/C18H16F2N4O2/c1-9-12(19)8-13(20)16-15(9)21-17(22-16)18(25)23-7-5-14-11(10(23)2)4-3-6-24(14)26/h3-4,6,8,10H,5,7H2,1-2H3,(H-,21,22,25,26)/p+1/t10-/m1/s1. The summed E-state index contributed by atoms with van der Waals surface area (Å²) in [5.74, 6) is -1.93. The Bertz CT molecular complexity index is 1050. The number of aromatic amines is 1. The third kappa shape index (κ3) is 2.33. The molecule has 1 aliphatic heterocycles. The molecule has 2 N–H and O–H groups in total. The van der Waals surface area contributed by atoms with E-state index >= 15 is 0 Å². The van der Waals surface area contributed by atoms with E-state index in [4.69, 9.17) is 0 Å². The Hall–Kier alpha value is -3.03. The number of amides is 1. The SMILES string of the molecule is Cc1c(F)cc(F)c2nc(C(=O)N3CCc4c(ccc[n+]4O)[C@H]3C)[nH]c12. The summed E-state index contributed by atoms with van der Waals surface area (Å²) in [5.41, 5.74) is 1.93. The zero-order valence-corrected chi connectivity index (χ0v) is 14.3. The fraction of sp³-hybridized carbons (Fsp3) is 0.278. The van der Waals surface area contributed by atoms with Gasteiger partial charge in [-0.15, -0.1) is 0 Å². The summed E-state index contributed by atoms with van der Waals surface area (Å²) in [5, 5.41) is 9.92. The first-order valence-corrected chi connectivity index (χ1v) is 8.26. The number of benzene rings is 1. The predicted octanol–water partition coefficient (Wildman–Crippen LogP) is 2.43. The van der Waals surface area contributed by atoms with Gasteiger partial charge < -0.3 is 9.88 Å². The highest BCUT2D eigenvalue weighted by atomic mass is 19.1. The van der Waals surface area contributed by atoms with Crippen molar-refractivity contribution in [3.05, 3.63) is 58.7 Å². The Balaban J connectivity index is 1.74. The number of rotatable bonds is 1. The van der Waals surface area contributed by atoms with E-state index in [1.807, 2.05) is 13.0 Å². The van der Waals surface area contributed by atoms with Gasteiger partial charge in [-0.25, -0.2) is 13.8 Å². The first-order valence-electron chi connectivity index (χ1n) is 8.26. The van der Waals surface area contributed by atoms with Crippen LogP contribution in [0.15, 0.2) is 24.4 Å². The molecule has 0 saturated heterocycles. The zero-order valence-electron chi connectivity index (χ0n) is 14.3. The van der Waals surface area contributed by atoms with E-state index in [0.29, 0.717) is 13.0 Å². The highest BCUT2D eigenvalue weighted by molar-refractivity contribution is 5.95. The second kappa shape index (κ2) is 5.76. The van der Waals surface area contributed by atoms with Gasteiger partial charge in [0.1, 0.15) is 11.3 Å². The molecule has 1 aromatic carbocycles. The van der Waals surface area contributed by atoms with E-state index in [1.165, 1.54) is 6.92 Å². The van der Waals surface area contributed by atoms with E-state index in [0.717, 1.165) is 22.1 Å². The Morgan fingerprint density at radius 3 is 2.96 bits per heavy atom. The van der Waals surface area contributed by atoms with E-state index in [-0.39, 0.29) is 28.5 Å². The van der Waals surface area contributed by atoms with Crippen LogP contribution in [0.5, 0.6) is 0 Å². The number of carbonyl (C=O) groups is 1. The van der Waals surface area contributed by atoms with Crippen molar-refractivity contribution in [2.24, 2.45) is 0 Å². The molecule has 1 amide bonds. The molecule has 6 nitrogen and oxygen atoms in total. The molecule has 3 heterocycles. The number of imidazole rings is 1. The van der Waals surface area contributed by atoms with Crippen molar-refractivity contribution >= 4 is 16.9 Å². The summed E-state index contributed by atoms with van der Waals surface area (Å²) in [6.07, 6.45) is 2.02. The van der Waals surface area contributed by atoms with Gasteiger partial charge in [-0.05, 0) is 19.9 Å². The van der Waals surface area contributed by atoms with Crippen LogP contribution in [-0.2, 0) is 6.42 Å². The number of carbonyl (C=O) groups excluding carboxylic acids is 1. The van der Waals surface area contributed by atoms with Crippen LogP contribution in [0.25, 0.3) is 11.0 Å². The lowest BCUT2D eigenvalue weighted by Crippen LogP contribution is -2.46. The molecular weight excluding hydrogens is 342 g/mol. The molecule has 0 unspecified atom stereocenters. The maximum absolute atomic E-state index is 14.0. The van der Waals surface area contributed by atoms with Gasteiger partial charge in [-0.1, -0.05) is 0 Å². The first-order chi connectivity index (χ1) is 12.4. The quantitative estimate of drug-likeness (QED) is 0.518. The molecule has 134 valence electrons. The van der Waals surface area contributed by atoms with Crippen molar-refractivity contribution in [3.63, 3.8) is 0 Å². The lowest BCUT2D eigenvalue weighted by molar-refractivity contribution is -0.910. The Kier molecular flexibility index (Phi) is 3.64. The average molecular weight is 359 g/mol. The predicted molar refractivity (Wildman–Crippen MR) is 87.7 cm³/mol. The number of aryl methyl sites for hydroxylation is 1. The number of nitrogens with one attached hydrogen (secondary N) is 1. The largest absolute Gasteiger partial charge is 0.333 e. The number of H-pyrrole nitrogens is 1. The van der Waals surface area contributed by atoms with E-state index in [2.05, 4.69) is 9.97 Å². The normalized spacial score (nSPS) is 16.8. The van der Waals surface area contributed by atoms with Crippen LogP contribution in [0.3, 0.4) is 0 Å². The fourth-order valence-corrected chi connectivity index (χ4v) is 3.51. The van der Waals surface area contributed by atoms with Gasteiger partial charge >= 0.3 is 0 Å². The molecule has 0 aliphatic carbocycles. The summed E-state index contributed by atoms with van der Waals surface area (Å²) in [7, 11) is 0. The van der Waals surface area contributed by atoms with Crippen LogP contribution in [0, 0.1) is 18.6 Å². The molecule has 0 fully saturated rings.